The van der Waals surface area contributed by atoms with Gasteiger partial charge in [-0.1, -0.05) is 56.0 Å². The molecule has 0 aliphatic carbocycles. The molecule has 0 bridgehead atoms. The van der Waals surface area contributed by atoms with Crippen LogP contribution in [0, 0.1) is 0 Å². The zero-order valence-electron chi connectivity index (χ0n) is 8.83. The Morgan fingerprint density at radius 2 is 1.08 bits per heavy atom. The maximum atomic E-state index is 3.87. The molecule has 0 amide bonds. The third kappa shape index (κ3) is 6.01. The summed E-state index contributed by atoms with van der Waals surface area (Å²) in [5.41, 5.74) is 0. The van der Waals surface area contributed by atoms with Crippen molar-refractivity contribution in [2.24, 2.45) is 0 Å². The maximum Gasteiger partial charge on any atom is 0.0257 e. The van der Waals surface area contributed by atoms with Gasteiger partial charge >= 0.3 is 0 Å². The van der Waals surface area contributed by atoms with Gasteiger partial charge in [0.25, 0.3) is 0 Å². The summed E-state index contributed by atoms with van der Waals surface area (Å²) in [4.78, 5) is 0. The van der Waals surface area contributed by atoms with Gasteiger partial charge in [-0.25, -0.2) is 0 Å². The van der Waals surface area contributed by atoms with E-state index in [-0.39, 0.29) is 6.15 Å². The first-order valence-electron chi connectivity index (χ1n) is 4.87. The molecule has 12 heavy (non-hydrogen) atoms. The van der Waals surface area contributed by atoms with Crippen LogP contribution in [0.1, 0.15) is 59.3 Å². The molecule has 0 heterocycles. The molecular formula is C10H24BrN. The third-order valence-electron chi connectivity index (χ3n) is 2.09. The SMILES string of the molecule is CCCC(Br)(CCC)CCC.N. The summed E-state index contributed by atoms with van der Waals surface area (Å²) < 4.78 is 0.464. The molecule has 0 saturated heterocycles. The van der Waals surface area contributed by atoms with E-state index in [1.54, 1.807) is 0 Å². The summed E-state index contributed by atoms with van der Waals surface area (Å²) in [7, 11) is 0. The van der Waals surface area contributed by atoms with E-state index in [0.717, 1.165) is 0 Å². The number of hydrogen-bond donors (Lipinski definition) is 1. The van der Waals surface area contributed by atoms with Gasteiger partial charge < -0.3 is 6.15 Å². The fourth-order valence-electron chi connectivity index (χ4n) is 1.72. The Hall–Kier alpha value is 0.440. The molecule has 1 nitrogen and oxygen atoms in total. The van der Waals surface area contributed by atoms with E-state index in [1.165, 1.54) is 38.5 Å². The van der Waals surface area contributed by atoms with Crippen molar-refractivity contribution in [1.29, 1.82) is 0 Å². The minimum absolute atomic E-state index is 0. The molecule has 0 fully saturated rings. The molecule has 0 radical (unpaired) electrons. The molecule has 0 saturated carbocycles. The zero-order chi connectivity index (χ0) is 8.74. The van der Waals surface area contributed by atoms with Crippen molar-refractivity contribution in [2.45, 2.75) is 63.6 Å². The number of rotatable bonds is 6. The van der Waals surface area contributed by atoms with E-state index >= 15 is 0 Å². The molecule has 76 valence electrons. The average Bonchev–Trinajstić information content (AvgIpc) is 1.88. The Morgan fingerprint density at radius 3 is 1.25 bits per heavy atom. The van der Waals surface area contributed by atoms with Gasteiger partial charge in [0.05, 0.1) is 0 Å². The summed E-state index contributed by atoms with van der Waals surface area (Å²) in [6.45, 7) is 6.80. The largest absolute Gasteiger partial charge is 0.344 e. The van der Waals surface area contributed by atoms with Crippen LogP contribution in [0.2, 0.25) is 0 Å². The Labute approximate surface area is 86.0 Å². The predicted octanol–water partition coefficient (Wildman–Crippen LogP) is 4.68. The highest BCUT2D eigenvalue weighted by Crippen LogP contribution is 2.34. The highest BCUT2D eigenvalue weighted by Gasteiger charge is 2.22. The zero-order valence-corrected chi connectivity index (χ0v) is 10.4. The van der Waals surface area contributed by atoms with Crippen molar-refractivity contribution in [3.63, 3.8) is 0 Å². The predicted molar refractivity (Wildman–Crippen MR) is 61.4 cm³/mol. The lowest BCUT2D eigenvalue weighted by Crippen LogP contribution is -2.19. The number of halogens is 1. The van der Waals surface area contributed by atoms with Gasteiger partial charge in [-0.3, -0.25) is 0 Å². The minimum atomic E-state index is 0. The molecule has 0 spiro atoms. The van der Waals surface area contributed by atoms with Gasteiger partial charge in [-0.2, -0.15) is 0 Å². The van der Waals surface area contributed by atoms with Gasteiger partial charge in [0.2, 0.25) is 0 Å². The molecule has 0 aromatic rings. The van der Waals surface area contributed by atoms with Crippen molar-refractivity contribution in [2.75, 3.05) is 0 Å². The van der Waals surface area contributed by atoms with E-state index in [4.69, 9.17) is 0 Å². The fraction of sp³-hybridized carbons (Fsp3) is 1.00. The van der Waals surface area contributed by atoms with E-state index in [9.17, 15) is 0 Å². The Morgan fingerprint density at radius 1 is 0.833 bits per heavy atom. The molecule has 0 atom stereocenters. The van der Waals surface area contributed by atoms with Crippen molar-refractivity contribution in [3.8, 4) is 0 Å². The first-order chi connectivity index (χ1) is 5.18. The lowest BCUT2D eigenvalue weighted by atomic mass is 9.93. The van der Waals surface area contributed by atoms with Gasteiger partial charge in [0, 0.05) is 4.32 Å². The minimum Gasteiger partial charge on any atom is -0.344 e. The Bertz CT molecular complexity index is 76.8. The van der Waals surface area contributed by atoms with E-state index < -0.39 is 0 Å². The molecule has 3 N–H and O–H groups in total. The summed E-state index contributed by atoms with van der Waals surface area (Å²) >= 11 is 3.87. The first-order valence-corrected chi connectivity index (χ1v) is 5.66. The van der Waals surface area contributed by atoms with Crippen LogP contribution in [0.15, 0.2) is 0 Å². The second-order valence-electron chi connectivity index (χ2n) is 3.40. The third-order valence-corrected chi connectivity index (χ3v) is 3.28. The van der Waals surface area contributed by atoms with Crippen molar-refractivity contribution < 1.29 is 0 Å². The van der Waals surface area contributed by atoms with Gasteiger partial charge in [-0.15, -0.1) is 0 Å². The standard InChI is InChI=1S/C10H21Br.H3N/c1-4-7-10(11,8-5-2)9-6-3;/h4-9H2,1-3H3;1H3. The van der Waals surface area contributed by atoms with Crippen LogP contribution in [-0.4, -0.2) is 4.32 Å². The second-order valence-corrected chi connectivity index (χ2v) is 5.08. The summed E-state index contributed by atoms with van der Waals surface area (Å²) in [5.74, 6) is 0. The van der Waals surface area contributed by atoms with E-state index in [0.29, 0.717) is 4.32 Å². The lowest BCUT2D eigenvalue weighted by Gasteiger charge is -2.26. The first kappa shape index (κ1) is 14.9. The Kier molecular flexibility index (Phi) is 10.0. The fourth-order valence-corrected chi connectivity index (χ4v) is 2.91. The summed E-state index contributed by atoms with van der Waals surface area (Å²) in [5, 5.41) is 0. The van der Waals surface area contributed by atoms with Crippen LogP contribution in [0.25, 0.3) is 0 Å². The highest BCUT2D eigenvalue weighted by atomic mass is 79.9. The number of alkyl halides is 1. The number of hydrogen-bond acceptors (Lipinski definition) is 1. The van der Waals surface area contributed by atoms with Gasteiger partial charge in [-0.05, 0) is 19.3 Å². The average molecular weight is 238 g/mol. The van der Waals surface area contributed by atoms with Gasteiger partial charge in [0.15, 0.2) is 0 Å². The van der Waals surface area contributed by atoms with Gasteiger partial charge in [0.1, 0.15) is 0 Å². The highest BCUT2D eigenvalue weighted by molar-refractivity contribution is 9.10. The molecule has 0 aromatic heterocycles. The van der Waals surface area contributed by atoms with E-state index in [1.807, 2.05) is 0 Å². The second kappa shape index (κ2) is 8.06. The Balaban J connectivity index is 0. The quantitative estimate of drug-likeness (QED) is 0.670. The normalized spacial score (nSPS) is 11.0. The molecule has 0 unspecified atom stereocenters. The van der Waals surface area contributed by atoms with Crippen LogP contribution < -0.4 is 6.15 Å². The molecule has 0 aliphatic heterocycles. The van der Waals surface area contributed by atoms with Crippen LogP contribution >= 0.6 is 15.9 Å². The topological polar surface area (TPSA) is 35.0 Å². The summed E-state index contributed by atoms with van der Waals surface area (Å²) in [6, 6.07) is 0. The smallest absolute Gasteiger partial charge is 0.0257 e. The molecular weight excluding hydrogens is 214 g/mol. The maximum absolute atomic E-state index is 3.87. The molecule has 0 aliphatic rings. The molecule has 0 aromatic carbocycles. The molecule has 0 rings (SSSR count). The lowest BCUT2D eigenvalue weighted by molar-refractivity contribution is 0.464. The van der Waals surface area contributed by atoms with Crippen LogP contribution in [0.3, 0.4) is 0 Å². The summed E-state index contributed by atoms with van der Waals surface area (Å²) in [6.07, 6.45) is 7.87. The van der Waals surface area contributed by atoms with Crippen LogP contribution in [0.4, 0.5) is 0 Å². The van der Waals surface area contributed by atoms with Crippen molar-refractivity contribution in [1.82, 2.24) is 6.15 Å². The van der Waals surface area contributed by atoms with Crippen molar-refractivity contribution in [3.05, 3.63) is 0 Å². The monoisotopic (exact) mass is 237 g/mol. The van der Waals surface area contributed by atoms with E-state index in [2.05, 4.69) is 36.7 Å². The van der Waals surface area contributed by atoms with Crippen LogP contribution in [0.5, 0.6) is 0 Å². The molecule has 2 heteroatoms. The van der Waals surface area contributed by atoms with Crippen molar-refractivity contribution >= 4 is 15.9 Å². The van der Waals surface area contributed by atoms with Crippen LogP contribution in [-0.2, 0) is 0 Å².